The zero-order valence-electron chi connectivity index (χ0n) is 10.8. The summed E-state index contributed by atoms with van der Waals surface area (Å²) in [6, 6.07) is 8.09. The van der Waals surface area contributed by atoms with Crippen LogP contribution in [-0.4, -0.2) is 23.8 Å². The van der Waals surface area contributed by atoms with Gasteiger partial charge in [0.25, 0.3) is 0 Å². The number of hydrogen-bond acceptors (Lipinski definition) is 1. The molecule has 0 aromatic heterocycles. The fraction of sp³-hybridized carbons (Fsp3) is 0.571. The minimum atomic E-state index is 0.694. The van der Waals surface area contributed by atoms with Crippen LogP contribution >= 0.6 is 27.5 Å². The summed E-state index contributed by atoms with van der Waals surface area (Å²) < 4.78 is 0. The molecule has 0 fully saturated rings. The number of rotatable bonds is 6. The van der Waals surface area contributed by atoms with Gasteiger partial charge in [0, 0.05) is 23.4 Å². The molecule has 96 valence electrons. The fourth-order valence-corrected chi connectivity index (χ4v) is 3.01. The molecule has 0 spiro atoms. The Morgan fingerprint density at radius 3 is 2.59 bits per heavy atom. The van der Waals surface area contributed by atoms with E-state index in [2.05, 4.69) is 47.8 Å². The van der Waals surface area contributed by atoms with Gasteiger partial charge in [0.15, 0.2) is 0 Å². The van der Waals surface area contributed by atoms with Gasteiger partial charge in [-0.15, -0.1) is 0 Å². The van der Waals surface area contributed by atoms with Crippen LogP contribution in [-0.2, 0) is 6.54 Å². The third kappa shape index (κ3) is 5.41. The molecule has 0 radical (unpaired) electrons. The molecule has 0 saturated heterocycles. The summed E-state index contributed by atoms with van der Waals surface area (Å²) >= 11 is 9.58. The van der Waals surface area contributed by atoms with Crippen LogP contribution in [0.25, 0.3) is 0 Å². The van der Waals surface area contributed by atoms with E-state index in [9.17, 15) is 0 Å². The van der Waals surface area contributed by atoms with Gasteiger partial charge in [-0.05, 0) is 36.6 Å². The average molecular weight is 319 g/mol. The molecule has 0 aliphatic carbocycles. The maximum Gasteiger partial charge on any atom is 0.0409 e. The van der Waals surface area contributed by atoms with Crippen molar-refractivity contribution < 1.29 is 0 Å². The summed E-state index contributed by atoms with van der Waals surface area (Å²) in [4.78, 5) is 2.36. The summed E-state index contributed by atoms with van der Waals surface area (Å²) in [5, 5.41) is 1.88. The second kappa shape index (κ2) is 7.40. The lowest BCUT2D eigenvalue weighted by molar-refractivity contribution is 0.247. The van der Waals surface area contributed by atoms with Crippen molar-refractivity contribution in [3.63, 3.8) is 0 Å². The molecule has 0 aliphatic rings. The Morgan fingerprint density at radius 1 is 1.35 bits per heavy atom. The van der Waals surface area contributed by atoms with Gasteiger partial charge in [-0.25, -0.2) is 0 Å². The van der Waals surface area contributed by atoms with E-state index in [0.29, 0.717) is 11.8 Å². The Hall–Kier alpha value is -0.0500. The van der Waals surface area contributed by atoms with Gasteiger partial charge >= 0.3 is 0 Å². The third-order valence-electron chi connectivity index (χ3n) is 3.03. The van der Waals surface area contributed by atoms with E-state index in [1.165, 1.54) is 5.56 Å². The smallest absolute Gasteiger partial charge is 0.0409 e. The third-order valence-corrected chi connectivity index (χ3v) is 4.10. The van der Waals surface area contributed by atoms with E-state index < -0.39 is 0 Å². The van der Waals surface area contributed by atoms with E-state index in [0.717, 1.165) is 23.4 Å². The van der Waals surface area contributed by atoms with Crippen LogP contribution in [0.2, 0.25) is 5.02 Å². The maximum absolute atomic E-state index is 5.99. The molecule has 0 heterocycles. The number of halogens is 2. The van der Waals surface area contributed by atoms with Crippen molar-refractivity contribution in [2.75, 3.05) is 18.9 Å². The Balaban J connectivity index is 2.51. The second-order valence-electron chi connectivity index (χ2n) is 4.99. The van der Waals surface area contributed by atoms with Crippen molar-refractivity contribution in [3.05, 3.63) is 34.9 Å². The van der Waals surface area contributed by atoms with Gasteiger partial charge < -0.3 is 4.90 Å². The van der Waals surface area contributed by atoms with Crippen LogP contribution in [0.5, 0.6) is 0 Å². The van der Waals surface area contributed by atoms with Gasteiger partial charge in [-0.2, -0.15) is 0 Å². The van der Waals surface area contributed by atoms with Crippen LogP contribution in [0, 0.1) is 11.8 Å². The van der Waals surface area contributed by atoms with Crippen LogP contribution in [0.1, 0.15) is 19.4 Å². The van der Waals surface area contributed by atoms with Crippen LogP contribution in [0.15, 0.2) is 24.3 Å². The Kier molecular flexibility index (Phi) is 6.53. The molecule has 0 saturated carbocycles. The Labute approximate surface area is 118 Å². The van der Waals surface area contributed by atoms with E-state index in [1.54, 1.807) is 0 Å². The van der Waals surface area contributed by atoms with Crippen molar-refractivity contribution in [1.82, 2.24) is 4.90 Å². The minimum absolute atomic E-state index is 0.694. The highest BCUT2D eigenvalue weighted by Crippen LogP contribution is 2.17. The quantitative estimate of drug-likeness (QED) is 0.701. The average Bonchev–Trinajstić information content (AvgIpc) is 2.25. The van der Waals surface area contributed by atoms with Crippen LogP contribution < -0.4 is 0 Å². The standard InChI is InChI=1S/C14H21BrClN/c1-11(2)13(8-15)10-17(3)9-12-5-4-6-14(16)7-12/h4-7,11,13H,8-10H2,1-3H3. The van der Waals surface area contributed by atoms with Crippen molar-refractivity contribution >= 4 is 27.5 Å². The number of benzene rings is 1. The minimum Gasteiger partial charge on any atom is -0.302 e. The zero-order valence-corrected chi connectivity index (χ0v) is 13.1. The molecule has 1 atom stereocenters. The van der Waals surface area contributed by atoms with Crippen molar-refractivity contribution in [2.45, 2.75) is 20.4 Å². The lowest BCUT2D eigenvalue weighted by Crippen LogP contribution is -2.29. The predicted molar refractivity (Wildman–Crippen MR) is 79.9 cm³/mol. The van der Waals surface area contributed by atoms with Gasteiger partial charge in [-0.1, -0.05) is 53.5 Å². The number of nitrogens with zero attached hydrogens (tertiary/aromatic N) is 1. The molecule has 0 bridgehead atoms. The normalized spacial score (nSPS) is 13.4. The van der Waals surface area contributed by atoms with E-state index >= 15 is 0 Å². The topological polar surface area (TPSA) is 3.24 Å². The molecule has 0 amide bonds. The molecule has 17 heavy (non-hydrogen) atoms. The largest absolute Gasteiger partial charge is 0.302 e. The number of alkyl halides is 1. The van der Waals surface area contributed by atoms with Gasteiger partial charge in [0.2, 0.25) is 0 Å². The molecule has 1 nitrogen and oxygen atoms in total. The fourth-order valence-electron chi connectivity index (χ4n) is 1.85. The first kappa shape index (κ1) is 15.0. The molecule has 1 aromatic carbocycles. The predicted octanol–water partition coefficient (Wildman–Crippen LogP) is 4.44. The van der Waals surface area contributed by atoms with Gasteiger partial charge in [-0.3, -0.25) is 0 Å². The van der Waals surface area contributed by atoms with Crippen molar-refractivity contribution in [3.8, 4) is 0 Å². The van der Waals surface area contributed by atoms with Gasteiger partial charge in [0.05, 0.1) is 0 Å². The molecule has 0 aliphatic heterocycles. The number of hydrogen-bond donors (Lipinski definition) is 0. The summed E-state index contributed by atoms with van der Waals surface area (Å²) in [5.41, 5.74) is 1.28. The summed E-state index contributed by atoms with van der Waals surface area (Å²) in [6.07, 6.45) is 0. The summed E-state index contributed by atoms with van der Waals surface area (Å²) in [6.45, 7) is 6.62. The molecule has 3 heteroatoms. The van der Waals surface area contributed by atoms with E-state index in [4.69, 9.17) is 11.6 Å². The summed E-state index contributed by atoms with van der Waals surface area (Å²) in [5.74, 6) is 1.40. The first-order chi connectivity index (χ1) is 8.02. The maximum atomic E-state index is 5.99. The van der Waals surface area contributed by atoms with Gasteiger partial charge in [0.1, 0.15) is 0 Å². The van der Waals surface area contributed by atoms with Crippen LogP contribution in [0.4, 0.5) is 0 Å². The van der Waals surface area contributed by atoms with E-state index in [-0.39, 0.29) is 0 Å². The lowest BCUT2D eigenvalue weighted by atomic mass is 9.97. The van der Waals surface area contributed by atoms with Crippen molar-refractivity contribution in [1.29, 1.82) is 0 Å². The molecule has 0 N–H and O–H groups in total. The van der Waals surface area contributed by atoms with Crippen LogP contribution in [0.3, 0.4) is 0 Å². The molecule has 1 rings (SSSR count). The molecular formula is C14H21BrClN. The molecule has 1 unspecified atom stereocenters. The lowest BCUT2D eigenvalue weighted by Gasteiger charge is -2.25. The molecule has 1 aromatic rings. The highest BCUT2D eigenvalue weighted by molar-refractivity contribution is 9.09. The summed E-state index contributed by atoms with van der Waals surface area (Å²) in [7, 11) is 2.17. The SMILES string of the molecule is CC(C)C(CBr)CN(C)Cc1cccc(Cl)c1. The monoisotopic (exact) mass is 317 g/mol. The first-order valence-electron chi connectivity index (χ1n) is 6.02. The highest BCUT2D eigenvalue weighted by Gasteiger charge is 2.14. The second-order valence-corrected chi connectivity index (χ2v) is 6.07. The van der Waals surface area contributed by atoms with E-state index in [1.807, 2.05) is 18.2 Å². The highest BCUT2D eigenvalue weighted by atomic mass is 79.9. The zero-order chi connectivity index (χ0) is 12.8. The Bertz CT molecular complexity index is 341. The molecular weight excluding hydrogens is 298 g/mol. The first-order valence-corrected chi connectivity index (χ1v) is 7.51. The van der Waals surface area contributed by atoms with Crippen molar-refractivity contribution in [2.24, 2.45) is 11.8 Å². The Morgan fingerprint density at radius 2 is 2.06 bits per heavy atom.